The van der Waals surface area contributed by atoms with Gasteiger partial charge in [-0.2, -0.15) is 0 Å². The zero-order valence-electron chi connectivity index (χ0n) is 17.3. The van der Waals surface area contributed by atoms with Gasteiger partial charge in [-0.3, -0.25) is 4.79 Å². The van der Waals surface area contributed by atoms with Gasteiger partial charge in [-0.05, 0) is 36.4 Å². The highest BCUT2D eigenvalue weighted by Gasteiger charge is 2.49. The van der Waals surface area contributed by atoms with Crippen LogP contribution < -0.4 is 0 Å². The molecule has 3 aromatic rings. The normalized spacial score (nSPS) is 23.4. The van der Waals surface area contributed by atoms with Crippen molar-refractivity contribution in [3.05, 3.63) is 85.7 Å². The van der Waals surface area contributed by atoms with E-state index in [1.54, 1.807) is 84.0 Å². The molecule has 2 aliphatic heterocycles. The SMILES string of the molecule is O=C1C(=C2SCCS2)C(=C2SCCS2)C(O)(/C=C\c2ccco2)c2[nH]cc(-c3ccco3)c21. The Bertz CT molecular complexity index is 1280. The molecule has 3 aliphatic rings. The minimum atomic E-state index is -1.52. The van der Waals surface area contributed by atoms with E-state index in [9.17, 15) is 9.90 Å². The second-order valence-electron chi connectivity index (χ2n) is 7.59. The average Bonchev–Trinajstić information content (AvgIpc) is 3.63. The Labute approximate surface area is 207 Å². The number of fused-ring (bicyclic) bond motifs is 1. The van der Waals surface area contributed by atoms with Gasteiger partial charge in [-0.25, -0.2) is 0 Å². The molecule has 0 spiro atoms. The number of hydrogen-bond donors (Lipinski definition) is 2. The number of nitrogens with one attached hydrogen (secondary N) is 1. The van der Waals surface area contributed by atoms with Crippen molar-refractivity contribution in [3.63, 3.8) is 0 Å². The lowest BCUT2D eigenvalue weighted by molar-refractivity contribution is 0.0944. The third-order valence-corrected chi connectivity index (χ3v) is 11.1. The van der Waals surface area contributed by atoms with Crippen molar-refractivity contribution >= 4 is 58.9 Å². The van der Waals surface area contributed by atoms with Crippen molar-refractivity contribution < 1.29 is 18.7 Å². The van der Waals surface area contributed by atoms with Crippen LogP contribution in [0.5, 0.6) is 0 Å². The first kappa shape index (κ1) is 21.6. The number of carbonyl (C=O) groups excluding carboxylic acids is 1. The van der Waals surface area contributed by atoms with Gasteiger partial charge in [0.25, 0.3) is 0 Å². The van der Waals surface area contributed by atoms with Crippen LogP contribution >= 0.6 is 47.0 Å². The summed E-state index contributed by atoms with van der Waals surface area (Å²) in [6, 6.07) is 7.28. The van der Waals surface area contributed by atoms with Gasteiger partial charge >= 0.3 is 0 Å². The highest BCUT2D eigenvalue weighted by Crippen LogP contribution is 2.56. The van der Waals surface area contributed by atoms with Crippen LogP contribution in [0.4, 0.5) is 0 Å². The van der Waals surface area contributed by atoms with Gasteiger partial charge in [-0.1, -0.05) is 0 Å². The lowest BCUT2D eigenvalue weighted by Gasteiger charge is -2.35. The number of rotatable bonds is 3. The second kappa shape index (κ2) is 8.70. The first-order valence-electron chi connectivity index (χ1n) is 10.4. The number of ketones is 1. The van der Waals surface area contributed by atoms with E-state index in [1.165, 1.54) is 0 Å². The van der Waals surface area contributed by atoms with Crippen LogP contribution in [0, 0.1) is 0 Å². The first-order valence-corrected chi connectivity index (χ1v) is 14.4. The smallest absolute Gasteiger partial charge is 0.197 e. The fourth-order valence-electron chi connectivity index (χ4n) is 4.26. The number of H-pyrrole nitrogens is 1. The summed E-state index contributed by atoms with van der Waals surface area (Å²) >= 11 is 6.80. The maximum Gasteiger partial charge on any atom is 0.197 e. The molecular weight excluding hydrogens is 495 g/mol. The first-order chi connectivity index (χ1) is 16.2. The van der Waals surface area contributed by atoms with E-state index >= 15 is 0 Å². The van der Waals surface area contributed by atoms with Crippen LogP contribution in [0.15, 0.2) is 77.5 Å². The topological polar surface area (TPSA) is 79.4 Å². The minimum Gasteiger partial charge on any atom is -0.465 e. The third-order valence-electron chi connectivity index (χ3n) is 5.67. The number of Topliss-reactive ketones (excluding diaryl/α,β-unsaturated/α-hetero) is 1. The molecule has 0 aromatic carbocycles. The van der Waals surface area contributed by atoms with Crippen molar-refractivity contribution in [1.82, 2.24) is 4.98 Å². The summed E-state index contributed by atoms with van der Waals surface area (Å²) < 4.78 is 13.1. The van der Waals surface area contributed by atoms with Crippen LogP contribution in [0.3, 0.4) is 0 Å². The molecule has 3 aromatic heterocycles. The van der Waals surface area contributed by atoms with Gasteiger partial charge in [0.1, 0.15) is 11.5 Å². The van der Waals surface area contributed by atoms with Crippen LogP contribution in [-0.4, -0.2) is 38.9 Å². The van der Waals surface area contributed by atoms with E-state index < -0.39 is 5.60 Å². The molecule has 1 aliphatic carbocycles. The Morgan fingerprint density at radius 2 is 1.67 bits per heavy atom. The number of aromatic nitrogens is 1. The predicted octanol–water partition coefficient (Wildman–Crippen LogP) is 6.35. The molecule has 2 N–H and O–H groups in total. The number of carbonyl (C=O) groups is 1. The van der Waals surface area contributed by atoms with Gasteiger partial charge in [0.2, 0.25) is 0 Å². The van der Waals surface area contributed by atoms with Crippen LogP contribution in [0.2, 0.25) is 0 Å². The summed E-state index contributed by atoms with van der Waals surface area (Å²) in [7, 11) is 0. The van der Waals surface area contributed by atoms with Gasteiger partial charge in [0.05, 0.1) is 33.6 Å². The Morgan fingerprint density at radius 1 is 0.970 bits per heavy atom. The van der Waals surface area contributed by atoms with Crippen LogP contribution in [0.1, 0.15) is 21.8 Å². The molecule has 1 atom stereocenters. The monoisotopic (exact) mass is 513 g/mol. The van der Waals surface area contributed by atoms with Crippen LogP contribution in [0.25, 0.3) is 17.4 Å². The molecular formula is C24H19NO4S4. The molecule has 0 amide bonds. The van der Waals surface area contributed by atoms with Gasteiger partial charge in [-0.15, -0.1) is 47.0 Å². The summed E-state index contributed by atoms with van der Waals surface area (Å²) in [6.45, 7) is 0. The Balaban J connectivity index is 1.65. The predicted molar refractivity (Wildman–Crippen MR) is 138 cm³/mol. The zero-order chi connectivity index (χ0) is 22.4. The van der Waals surface area contributed by atoms with Gasteiger partial charge < -0.3 is 18.9 Å². The van der Waals surface area contributed by atoms with E-state index in [0.717, 1.165) is 31.5 Å². The van der Waals surface area contributed by atoms with E-state index in [-0.39, 0.29) is 5.78 Å². The van der Waals surface area contributed by atoms with E-state index in [2.05, 4.69) is 4.98 Å². The summed E-state index contributed by atoms with van der Waals surface area (Å²) in [5, 5.41) is 12.4. The Hall–Kier alpha value is -1.91. The van der Waals surface area contributed by atoms with Gasteiger partial charge in [0.15, 0.2) is 11.4 Å². The van der Waals surface area contributed by atoms with Crippen molar-refractivity contribution in [2.75, 3.05) is 23.0 Å². The summed E-state index contributed by atoms with van der Waals surface area (Å²) in [4.78, 5) is 17.3. The molecule has 168 valence electrons. The maximum atomic E-state index is 14.1. The van der Waals surface area contributed by atoms with Crippen molar-refractivity contribution in [2.24, 2.45) is 0 Å². The van der Waals surface area contributed by atoms with E-state index in [1.807, 2.05) is 18.2 Å². The molecule has 33 heavy (non-hydrogen) atoms. The summed E-state index contributed by atoms with van der Waals surface area (Å²) in [5.74, 6) is 4.96. The lowest BCUT2D eigenvalue weighted by atomic mass is 9.75. The molecule has 5 heterocycles. The Kier molecular flexibility index (Phi) is 5.70. The number of hydrogen-bond acceptors (Lipinski definition) is 8. The van der Waals surface area contributed by atoms with E-state index in [0.29, 0.717) is 39.5 Å². The molecule has 6 rings (SSSR count). The van der Waals surface area contributed by atoms with Crippen molar-refractivity contribution in [2.45, 2.75) is 5.60 Å². The standard InChI is InChI=1S/C24H19NO4S4/c26-20-17-15(16-4-2-8-29-16)13-25-21(17)24(27,6-5-14-3-1-7-28-14)19(23-32-11-12-33-23)18(20)22-30-9-10-31-22/h1-8,13,25,27H,9-12H2/b6-5-. The molecule has 2 fully saturated rings. The third kappa shape index (κ3) is 3.61. The summed E-state index contributed by atoms with van der Waals surface area (Å²) in [5.41, 5.74) is 1.36. The number of furan rings is 2. The highest BCUT2D eigenvalue weighted by molar-refractivity contribution is 8.25. The highest BCUT2D eigenvalue weighted by atomic mass is 32.2. The molecule has 0 saturated carbocycles. The van der Waals surface area contributed by atoms with Crippen LogP contribution in [-0.2, 0) is 5.60 Å². The number of thioether (sulfide) groups is 4. The number of aromatic amines is 1. The lowest BCUT2D eigenvalue weighted by Crippen LogP contribution is -2.36. The molecule has 2 saturated heterocycles. The molecule has 0 bridgehead atoms. The van der Waals surface area contributed by atoms with Gasteiger partial charge in [0, 0.05) is 44.6 Å². The van der Waals surface area contributed by atoms with E-state index in [4.69, 9.17) is 8.83 Å². The maximum absolute atomic E-state index is 14.1. The Morgan fingerprint density at radius 3 is 2.33 bits per heavy atom. The number of aliphatic hydroxyl groups is 1. The minimum absolute atomic E-state index is 0.0683. The quantitative estimate of drug-likeness (QED) is 0.392. The molecule has 0 radical (unpaired) electrons. The summed E-state index contributed by atoms with van der Waals surface area (Å²) in [6.07, 6.45) is 8.46. The second-order valence-corrected chi connectivity index (χ2v) is 12.5. The fraction of sp³-hybridized carbons (Fsp3) is 0.208. The molecule has 1 unspecified atom stereocenters. The van der Waals surface area contributed by atoms with Crippen molar-refractivity contribution in [1.29, 1.82) is 0 Å². The largest absolute Gasteiger partial charge is 0.465 e. The van der Waals surface area contributed by atoms with Crippen molar-refractivity contribution in [3.8, 4) is 11.3 Å². The fourth-order valence-corrected chi connectivity index (χ4v) is 9.48. The molecule has 9 heteroatoms. The molecule has 5 nitrogen and oxygen atoms in total. The average molecular weight is 514 g/mol. The zero-order valence-corrected chi connectivity index (χ0v) is 20.6.